The van der Waals surface area contributed by atoms with Crippen molar-refractivity contribution in [2.24, 2.45) is 7.05 Å². The van der Waals surface area contributed by atoms with Gasteiger partial charge in [-0.15, -0.1) is 0 Å². The van der Waals surface area contributed by atoms with E-state index in [1.54, 1.807) is 24.3 Å². The number of hydrogen-bond donors (Lipinski definition) is 0. The van der Waals surface area contributed by atoms with Gasteiger partial charge in [0.25, 0.3) is 0 Å². The first-order valence-corrected chi connectivity index (χ1v) is 6.91. The normalized spacial score (nSPS) is 10.4. The molecule has 0 spiro atoms. The van der Waals surface area contributed by atoms with Gasteiger partial charge in [0.15, 0.2) is 6.61 Å². The van der Waals surface area contributed by atoms with Crippen LogP contribution in [-0.2, 0) is 11.8 Å². The highest BCUT2D eigenvalue weighted by atomic mass is 16.5. The van der Waals surface area contributed by atoms with Crippen LogP contribution in [0, 0.1) is 13.8 Å². The number of carbonyl (C=O) groups is 2. The number of rotatable bonds is 5. The highest BCUT2D eigenvalue weighted by Gasteiger charge is 2.15. The fourth-order valence-electron chi connectivity index (χ4n) is 2.19. The molecule has 1 heterocycles. The van der Waals surface area contributed by atoms with Gasteiger partial charge in [-0.25, -0.2) is 4.79 Å². The number of benzene rings is 1. The van der Waals surface area contributed by atoms with Crippen molar-refractivity contribution in [2.75, 3.05) is 13.7 Å². The van der Waals surface area contributed by atoms with Gasteiger partial charge in [0.2, 0.25) is 5.78 Å². The average Bonchev–Trinajstić information content (AvgIpc) is 2.79. The second kappa shape index (κ2) is 6.47. The van der Waals surface area contributed by atoms with Crippen molar-refractivity contribution >= 4 is 11.8 Å². The van der Waals surface area contributed by atoms with Crippen LogP contribution in [0.25, 0.3) is 0 Å². The number of ether oxygens (including phenoxy) is 2. The number of aromatic nitrogens is 1. The van der Waals surface area contributed by atoms with Crippen LogP contribution in [0.3, 0.4) is 0 Å². The first-order valence-electron chi connectivity index (χ1n) is 6.91. The van der Waals surface area contributed by atoms with E-state index in [4.69, 9.17) is 4.74 Å². The molecular weight excluding hydrogens is 282 g/mol. The highest BCUT2D eigenvalue weighted by molar-refractivity contribution is 5.98. The molecule has 0 saturated carbocycles. The molecule has 0 aliphatic carbocycles. The van der Waals surface area contributed by atoms with E-state index in [0.717, 1.165) is 11.4 Å². The van der Waals surface area contributed by atoms with Crippen LogP contribution < -0.4 is 4.74 Å². The van der Waals surface area contributed by atoms with E-state index < -0.39 is 5.97 Å². The van der Waals surface area contributed by atoms with Crippen LogP contribution in [-0.4, -0.2) is 30.0 Å². The summed E-state index contributed by atoms with van der Waals surface area (Å²) in [5.41, 5.74) is 2.98. The van der Waals surface area contributed by atoms with Crippen LogP contribution in [0.5, 0.6) is 5.75 Å². The summed E-state index contributed by atoms with van der Waals surface area (Å²) in [4.78, 5) is 23.7. The SMILES string of the molecule is COC(=O)c1cccc(OCC(=O)c2cc(C)n(C)c2C)c1. The first-order chi connectivity index (χ1) is 10.4. The Hall–Kier alpha value is -2.56. The number of nitrogens with zero attached hydrogens (tertiary/aromatic N) is 1. The molecule has 0 aliphatic rings. The van der Waals surface area contributed by atoms with Crippen molar-refractivity contribution in [1.82, 2.24) is 4.57 Å². The van der Waals surface area contributed by atoms with Gasteiger partial charge in [0, 0.05) is 24.0 Å². The number of hydrogen-bond acceptors (Lipinski definition) is 4. The molecule has 0 unspecified atom stereocenters. The molecule has 0 saturated heterocycles. The van der Waals surface area contributed by atoms with Crippen LogP contribution in [0.2, 0.25) is 0 Å². The highest BCUT2D eigenvalue weighted by Crippen LogP contribution is 2.17. The molecule has 5 nitrogen and oxygen atoms in total. The van der Waals surface area contributed by atoms with E-state index in [9.17, 15) is 9.59 Å². The lowest BCUT2D eigenvalue weighted by Crippen LogP contribution is -2.13. The minimum Gasteiger partial charge on any atom is -0.485 e. The standard InChI is InChI=1S/C17H19NO4/c1-11-8-15(12(2)18(11)3)16(19)10-22-14-7-5-6-13(9-14)17(20)21-4/h5-9H,10H2,1-4H3. The van der Waals surface area contributed by atoms with E-state index in [1.165, 1.54) is 7.11 Å². The summed E-state index contributed by atoms with van der Waals surface area (Å²) < 4.78 is 12.1. The molecule has 0 bridgehead atoms. The lowest BCUT2D eigenvalue weighted by molar-refractivity contribution is 0.0600. The predicted molar refractivity (Wildman–Crippen MR) is 82.5 cm³/mol. The Morgan fingerprint density at radius 1 is 1.18 bits per heavy atom. The number of methoxy groups -OCH3 is 1. The molecule has 0 atom stereocenters. The van der Waals surface area contributed by atoms with Crippen molar-refractivity contribution in [3.8, 4) is 5.75 Å². The number of carbonyl (C=O) groups excluding carboxylic acids is 2. The van der Waals surface area contributed by atoms with Gasteiger partial charge in [0.1, 0.15) is 5.75 Å². The largest absolute Gasteiger partial charge is 0.485 e. The Balaban J connectivity index is 2.08. The minimum absolute atomic E-state index is 0.0745. The molecule has 0 radical (unpaired) electrons. The Kier molecular flexibility index (Phi) is 4.65. The zero-order valence-electron chi connectivity index (χ0n) is 13.2. The quantitative estimate of drug-likeness (QED) is 0.629. The van der Waals surface area contributed by atoms with Crippen molar-refractivity contribution < 1.29 is 19.1 Å². The molecule has 22 heavy (non-hydrogen) atoms. The van der Waals surface area contributed by atoms with E-state index in [2.05, 4.69) is 4.74 Å². The molecule has 5 heteroatoms. The van der Waals surface area contributed by atoms with Crippen molar-refractivity contribution in [3.63, 3.8) is 0 Å². The maximum atomic E-state index is 12.2. The van der Waals surface area contributed by atoms with Gasteiger partial charge >= 0.3 is 5.97 Å². The maximum absolute atomic E-state index is 12.2. The molecular formula is C17H19NO4. The second-order valence-corrected chi connectivity index (χ2v) is 5.08. The third-order valence-electron chi connectivity index (χ3n) is 3.70. The maximum Gasteiger partial charge on any atom is 0.337 e. The van der Waals surface area contributed by atoms with Gasteiger partial charge in [-0.3, -0.25) is 4.79 Å². The monoisotopic (exact) mass is 301 g/mol. The summed E-state index contributed by atoms with van der Waals surface area (Å²) in [5, 5.41) is 0. The van der Waals surface area contributed by atoms with Gasteiger partial charge in [0.05, 0.1) is 12.7 Å². The smallest absolute Gasteiger partial charge is 0.337 e. The van der Waals surface area contributed by atoms with E-state index in [0.29, 0.717) is 16.9 Å². The first kappa shape index (κ1) is 15.8. The van der Waals surface area contributed by atoms with E-state index >= 15 is 0 Å². The summed E-state index contributed by atoms with van der Waals surface area (Å²) in [7, 11) is 3.24. The third kappa shape index (κ3) is 3.19. The zero-order chi connectivity index (χ0) is 16.3. The molecule has 0 N–H and O–H groups in total. The molecule has 0 fully saturated rings. The molecule has 0 aliphatic heterocycles. The molecule has 2 rings (SSSR count). The zero-order valence-corrected chi connectivity index (χ0v) is 13.2. The van der Waals surface area contributed by atoms with E-state index in [-0.39, 0.29) is 12.4 Å². The minimum atomic E-state index is -0.439. The number of ketones is 1. The van der Waals surface area contributed by atoms with Crippen molar-refractivity contribution in [1.29, 1.82) is 0 Å². The van der Waals surface area contributed by atoms with Crippen molar-refractivity contribution in [2.45, 2.75) is 13.8 Å². The summed E-state index contributed by atoms with van der Waals surface area (Å²) in [5.74, 6) is -0.0717. The Morgan fingerprint density at radius 3 is 2.50 bits per heavy atom. The Labute approximate surface area is 129 Å². The lowest BCUT2D eigenvalue weighted by Gasteiger charge is -2.07. The molecule has 2 aromatic rings. The number of aryl methyl sites for hydroxylation is 1. The van der Waals surface area contributed by atoms with Crippen LogP contribution in [0.4, 0.5) is 0 Å². The summed E-state index contributed by atoms with van der Waals surface area (Å²) >= 11 is 0. The fourth-order valence-corrected chi connectivity index (χ4v) is 2.19. The van der Waals surface area contributed by atoms with Gasteiger partial charge in [-0.1, -0.05) is 6.07 Å². The van der Waals surface area contributed by atoms with Crippen LogP contribution in [0.15, 0.2) is 30.3 Å². The van der Waals surface area contributed by atoms with Gasteiger partial charge in [-0.2, -0.15) is 0 Å². The summed E-state index contributed by atoms with van der Waals surface area (Å²) in [6.07, 6.45) is 0. The second-order valence-electron chi connectivity index (χ2n) is 5.08. The summed E-state index contributed by atoms with van der Waals surface area (Å²) in [6, 6.07) is 8.42. The topological polar surface area (TPSA) is 57.5 Å². The molecule has 116 valence electrons. The van der Waals surface area contributed by atoms with Crippen LogP contribution in [0.1, 0.15) is 32.1 Å². The molecule has 0 amide bonds. The van der Waals surface area contributed by atoms with Crippen LogP contribution >= 0.6 is 0 Å². The lowest BCUT2D eigenvalue weighted by atomic mass is 10.1. The van der Waals surface area contributed by atoms with Gasteiger partial charge in [-0.05, 0) is 38.1 Å². The number of Topliss-reactive ketones (excluding diaryl/α,β-unsaturated/α-hetero) is 1. The average molecular weight is 301 g/mol. The van der Waals surface area contributed by atoms with Gasteiger partial charge < -0.3 is 14.0 Å². The Morgan fingerprint density at radius 2 is 1.91 bits per heavy atom. The fraction of sp³-hybridized carbons (Fsp3) is 0.294. The number of esters is 1. The third-order valence-corrected chi connectivity index (χ3v) is 3.70. The predicted octanol–water partition coefficient (Wildman–Crippen LogP) is 2.69. The molecule has 1 aromatic carbocycles. The summed E-state index contributed by atoms with van der Waals surface area (Å²) in [6.45, 7) is 3.78. The Bertz CT molecular complexity index is 715. The van der Waals surface area contributed by atoms with Crippen molar-refractivity contribution in [3.05, 3.63) is 52.8 Å². The van der Waals surface area contributed by atoms with E-state index in [1.807, 2.05) is 31.5 Å². The molecule has 1 aromatic heterocycles.